The molecule has 0 saturated carbocycles. The smallest absolute Gasteiger partial charge is 0.444 e. The zero-order valence-electron chi connectivity index (χ0n) is 7.98. The van der Waals surface area contributed by atoms with E-state index in [0.717, 1.165) is 0 Å². The maximum absolute atomic E-state index is 12.1. The Labute approximate surface area is 99.6 Å². The quantitative estimate of drug-likeness (QED) is 0.740. The van der Waals surface area contributed by atoms with E-state index >= 15 is 0 Å². The van der Waals surface area contributed by atoms with Gasteiger partial charge in [0.25, 0.3) is 0 Å². The van der Waals surface area contributed by atoms with Gasteiger partial charge in [0.15, 0.2) is 0 Å². The Hall–Kier alpha value is -0.940. The monoisotopic (exact) mass is 271 g/mol. The van der Waals surface area contributed by atoms with Crippen molar-refractivity contribution in [2.24, 2.45) is 4.99 Å². The molecule has 88 valence electrons. The van der Waals surface area contributed by atoms with Crippen LogP contribution in [0.3, 0.4) is 0 Å². The van der Waals surface area contributed by atoms with E-state index in [0.29, 0.717) is 5.02 Å². The molecule has 0 radical (unpaired) electrons. The van der Waals surface area contributed by atoms with E-state index in [1.54, 1.807) is 0 Å². The van der Waals surface area contributed by atoms with Crippen LogP contribution in [0.4, 0.5) is 18.9 Å². The highest BCUT2D eigenvalue weighted by Gasteiger charge is 2.34. The lowest BCUT2D eigenvalue weighted by Gasteiger charge is -2.07. The first-order valence-corrected chi connectivity index (χ1v) is 4.75. The first kappa shape index (κ1) is 13.1. The molecule has 0 aromatic heterocycles. The van der Waals surface area contributed by atoms with Gasteiger partial charge in [0.2, 0.25) is 5.17 Å². The Balaban J connectivity index is 3.15. The summed E-state index contributed by atoms with van der Waals surface area (Å²) in [5, 5.41) is -1.13. The van der Waals surface area contributed by atoms with Gasteiger partial charge in [-0.1, -0.05) is 23.2 Å². The Morgan fingerprint density at radius 3 is 2.50 bits per heavy atom. The molecule has 0 N–H and O–H groups in total. The Bertz CT molecular complexity index is 418. The van der Waals surface area contributed by atoms with Crippen molar-refractivity contribution >= 4 is 34.1 Å². The zero-order chi connectivity index (χ0) is 12.3. The Kier molecular flexibility index (Phi) is 4.04. The summed E-state index contributed by atoms with van der Waals surface area (Å²) in [5.74, 6) is 0.120. The second kappa shape index (κ2) is 4.93. The van der Waals surface area contributed by atoms with Gasteiger partial charge in [-0.2, -0.15) is 13.2 Å². The van der Waals surface area contributed by atoms with Crippen LogP contribution in [0.25, 0.3) is 0 Å². The van der Waals surface area contributed by atoms with Gasteiger partial charge in [-0.05, 0) is 12.1 Å². The minimum Gasteiger partial charge on any atom is -0.494 e. The average molecular weight is 272 g/mol. The standard InChI is InChI=1S/C9H6Cl2F3NO/c1-16-7-4-5(10)2-3-6(7)15-8(11)9(12,13)14/h2-4H,1H3. The lowest BCUT2D eigenvalue weighted by molar-refractivity contribution is -0.0558. The fourth-order valence-electron chi connectivity index (χ4n) is 0.913. The van der Waals surface area contributed by atoms with Crippen molar-refractivity contribution in [3.05, 3.63) is 23.2 Å². The van der Waals surface area contributed by atoms with Crippen LogP contribution in [0.2, 0.25) is 5.02 Å². The number of hydrogen-bond acceptors (Lipinski definition) is 2. The fourth-order valence-corrected chi connectivity index (χ4v) is 1.17. The van der Waals surface area contributed by atoms with E-state index in [4.69, 9.17) is 27.9 Å². The van der Waals surface area contributed by atoms with E-state index in [2.05, 4.69) is 4.99 Å². The third-order valence-electron chi connectivity index (χ3n) is 1.59. The second-order valence-corrected chi connectivity index (χ2v) is 3.51. The van der Waals surface area contributed by atoms with Crippen LogP contribution in [0, 0.1) is 0 Å². The van der Waals surface area contributed by atoms with E-state index in [-0.39, 0.29) is 11.4 Å². The zero-order valence-corrected chi connectivity index (χ0v) is 9.49. The van der Waals surface area contributed by atoms with Gasteiger partial charge in [-0.15, -0.1) is 0 Å². The van der Waals surface area contributed by atoms with E-state index < -0.39 is 11.3 Å². The molecule has 0 aliphatic carbocycles. The van der Waals surface area contributed by atoms with Gasteiger partial charge in [-0.3, -0.25) is 0 Å². The molecule has 0 bridgehead atoms. The first-order chi connectivity index (χ1) is 7.34. The van der Waals surface area contributed by atoms with Crippen molar-refractivity contribution in [2.75, 3.05) is 7.11 Å². The summed E-state index contributed by atoms with van der Waals surface area (Å²) in [5.41, 5.74) is -0.0331. The number of benzene rings is 1. The minimum absolute atomic E-state index is 0.0331. The molecular formula is C9H6Cl2F3NO. The summed E-state index contributed by atoms with van der Waals surface area (Å²) in [6.45, 7) is 0. The average Bonchev–Trinajstić information content (AvgIpc) is 2.19. The highest BCUT2D eigenvalue weighted by Crippen LogP contribution is 2.32. The lowest BCUT2D eigenvalue weighted by atomic mass is 10.3. The van der Waals surface area contributed by atoms with Gasteiger partial charge in [0, 0.05) is 11.1 Å². The maximum atomic E-state index is 12.1. The summed E-state index contributed by atoms with van der Waals surface area (Å²) in [6, 6.07) is 4.03. The van der Waals surface area contributed by atoms with Crippen molar-refractivity contribution in [1.82, 2.24) is 0 Å². The van der Waals surface area contributed by atoms with Crippen molar-refractivity contribution in [1.29, 1.82) is 0 Å². The summed E-state index contributed by atoms with van der Waals surface area (Å²) in [4.78, 5) is 3.22. The van der Waals surface area contributed by atoms with Gasteiger partial charge in [0.05, 0.1) is 7.11 Å². The largest absolute Gasteiger partial charge is 0.494 e. The summed E-state index contributed by atoms with van der Waals surface area (Å²) in [7, 11) is 1.30. The Morgan fingerprint density at radius 1 is 1.38 bits per heavy atom. The van der Waals surface area contributed by atoms with E-state index in [9.17, 15) is 13.2 Å². The summed E-state index contributed by atoms with van der Waals surface area (Å²) < 4.78 is 41.2. The molecule has 0 heterocycles. The number of rotatable bonds is 2. The molecule has 1 aromatic rings. The number of halogens is 5. The maximum Gasteiger partial charge on any atom is 0.444 e. The lowest BCUT2D eigenvalue weighted by Crippen LogP contribution is -2.16. The van der Waals surface area contributed by atoms with Crippen LogP contribution in [0.15, 0.2) is 23.2 Å². The molecule has 16 heavy (non-hydrogen) atoms. The molecule has 0 amide bonds. The molecule has 0 unspecified atom stereocenters. The Morgan fingerprint density at radius 2 is 2.00 bits per heavy atom. The van der Waals surface area contributed by atoms with Gasteiger partial charge < -0.3 is 4.74 Å². The minimum atomic E-state index is -4.67. The van der Waals surface area contributed by atoms with Crippen LogP contribution in [-0.4, -0.2) is 18.5 Å². The molecule has 0 aliphatic rings. The highest BCUT2D eigenvalue weighted by molar-refractivity contribution is 6.67. The molecule has 1 rings (SSSR count). The molecular weight excluding hydrogens is 266 g/mol. The third kappa shape index (κ3) is 3.28. The normalized spacial score (nSPS) is 12.8. The van der Waals surface area contributed by atoms with Crippen LogP contribution >= 0.6 is 23.2 Å². The highest BCUT2D eigenvalue weighted by atomic mass is 35.5. The molecule has 0 fully saturated rings. The molecule has 0 spiro atoms. The van der Waals surface area contributed by atoms with Crippen LogP contribution in [-0.2, 0) is 0 Å². The molecule has 0 saturated heterocycles. The molecule has 2 nitrogen and oxygen atoms in total. The molecule has 0 atom stereocenters. The molecule has 1 aromatic carbocycles. The van der Waals surface area contributed by atoms with Gasteiger partial charge in [-0.25, -0.2) is 4.99 Å². The van der Waals surface area contributed by atoms with Crippen LogP contribution < -0.4 is 4.74 Å². The number of methoxy groups -OCH3 is 1. The number of aliphatic imine (C=N–C) groups is 1. The van der Waals surface area contributed by atoms with Crippen molar-refractivity contribution < 1.29 is 17.9 Å². The predicted molar refractivity (Wildman–Crippen MR) is 57.0 cm³/mol. The number of nitrogens with zero attached hydrogens (tertiary/aromatic N) is 1. The van der Waals surface area contributed by atoms with Crippen LogP contribution in [0.5, 0.6) is 5.75 Å². The third-order valence-corrected chi connectivity index (χ3v) is 2.13. The second-order valence-electron chi connectivity index (χ2n) is 2.72. The molecule has 0 aliphatic heterocycles. The van der Waals surface area contributed by atoms with Crippen LogP contribution in [0.1, 0.15) is 0 Å². The van der Waals surface area contributed by atoms with Crippen molar-refractivity contribution in [3.8, 4) is 5.75 Å². The topological polar surface area (TPSA) is 21.6 Å². The van der Waals surface area contributed by atoms with Gasteiger partial charge in [0.1, 0.15) is 11.4 Å². The van der Waals surface area contributed by atoms with Crippen molar-refractivity contribution in [2.45, 2.75) is 6.18 Å². The number of ether oxygens (including phenoxy) is 1. The van der Waals surface area contributed by atoms with Gasteiger partial charge >= 0.3 is 6.18 Å². The van der Waals surface area contributed by atoms with Crippen molar-refractivity contribution in [3.63, 3.8) is 0 Å². The summed E-state index contributed by atoms with van der Waals surface area (Å²) in [6.07, 6.45) is -4.67. The SMILES string of the molecule is COc1cc(Cl)ccc1N=C(Cl)C(F)(F)F. The predicted octanol–water partition coefficient (Wildman–Crippen LogP) is 4.18. The summed E-state index contributed by atoms with van der Waals surface area (Å²) >= 11 is 10.6. The fraction of sp³-hybridized carbons (Fsp3) is 0.222. The first-order valence-electron chi connectivity index (χ1n) is 3.99. The number of alkyl halides is 3. The molecule has 7 heteroatoms. The van der Waals surface area contributed by atoms with E-state index in [1.165, 1.54) is 25.3 Å². The van der Waals surface area contributed by atoms with E-state index in [1.807, 2.05) is 0 Å². The number of hydrogen-bond donors (Lipinski definition) is 0.